The highest BCUT2D eigenvalue weighted by molar-refractivity contribution is 7.91. The topological polar surface area (TPSA) is 76.5 Å². The van der Waals surface area contributed by atoms with Crippen LogP contribution in [0.3, 0.4) is 0 Å². The fraction of sp³-hybridized carbons (Fsp3) is 0.105. The van der Waals surface area contributed by atoms with Crippen molar-refractivity contribution in [3.8, 4) is 0 Å². The Morgan fingerprint density at radius 3 is 2.36 bits per heavy atom. The maximum atomic E-state index is 14.5. The van der Waals surface area contributed by atoms with Gasteiger partial charge in [0.25, 0.3) is 0 Å². The van der Waals surface area contributed by atoms with E-state index < -0.39 is 26.7 Å². The third-order valence-corrected chi connectivity index (χ3v) is 6.35. The summed E-state index contributed by atoms with van der Waals surface area (Å²) in [6, 6.07) is 10.7. The molecule has 0 N–H and O–H groups in total. The van der Waals surface area contributed by atoms with E-state index in [1.54, 1.807) is 0 Å². The van der Waals surface area contributed by atoms with Crippen molar-refractivity contribution in [1.82, 2.24) is 4.98 Å². The quantitative estimate of drug-likeness (QED) is 0.532. The van der Waals surface area contributed by atoms with Gasteiger partial charge in [0, 0.05) is 16.8 Å². The van der Waals surface area contributed by atoms with Crippen molar-refractivity contribution >= 4 is 21.4 Å². The molecule has 9 heteroatoms. The maximum Gasteiger partial charge on any atom is 0.191 e. The molecule has 1 atom stereocenters. The lowest BCUT2D eigenvalue weighted by Crippen LogP contribution is -2.18. The van der Waals surface area contributed by atoms with Gasteiger partial charge >= 0.3 is 0 Å². The van der Waals surface area contributed by atoms with Crippen LogP contribution in [0, 0.1) is 16.5 Å². The molecule has 0 aliphatic heterocycles. The number of hydrogen-bond donors (Lipinski definition) is 0. The zero-order valence-corrected chi connectivity index (χ0v) is 15.8. The summed E-state index contributed by atoms with van der Waals surface area (Å²) in [4.78, 5) is 14.3. The number of aromatic nitrogens is 1. The number of nitroso groups, excluding NO2 is 1. The van der Waals surface area contributed by atoms with Crippen LogP contribution in [-0.4, -0.2) is 13.4 Å². The third kappa shape index (κ3) is 4.07. The fourth-order valence-electron chi connectivity index (χ4n) is 2.72. The molecule has 0 aliphatic rings. The van der Waals surface area contributed by atoms with Crippen molar-refractivity contribution in [3.05, 3.63) is 99.2 Å². The molecule has 0 aliphatic carbocycles. The first kappa shape index (κ1) is 20.0. The Morgan fingerprint density at radius 2 is 1.75 bits per heavy atom. The minimum absolute atomic E-state index is 0.0194. The van der Waals surface area contributed by atoms with Crippen molar-refractivity contribution in [1.29, 1.82) is 0 Å². The molecule has 3 rings (SSSR count). The van der Waals surface area contributed by atoms with E-state index in [-0.39, 0.29) is 22.7 Å². The van der Waals surface area contributed by atoms with E-state index in [0.29, 0.717) is 10.6 Å². The van der Waals surface area contributed by atoms with E-state index in [9.17, 15) is 22.1 Å². The average Bonchev–Trinajstić information content (AvgIpc) is 2.66. The molecule has 0 saturated carbocycles. The number of sulfone groups is 1. The highest BCUT2D eigenvalue weighted by atomic mass is 35.5. The number of benzene rings is 2. The molecule has 1 unspecified atom stereocenters. The fourth-order valence-corrected chi connectivity index (χ4v) is 4.61. The van der Waals surface area contributed by atoms with E-state index in [4.69, 9.17) is 11.6 Å². The molecular weight excluding hydrogens is 410 g/mol. The molecule has 0 radical (unpaired) electrons. The van der Waals surface area contributed by atoms with Crippen LogP contribution in [0.1, 0.15) is 22.1 Å². The summed E-state index contributed by atoms with van der Waals surface area (Å²) < 4.78 is 54.8. The monoisotopic (exact) mass is 422 g/mol. The van der Waals surface area contributed by atoms with Crippen LogP contribution in [-0.2, 0) is 16.4 Å². The minimum Gasteiger partial charge on any atom is -0.259 e. The first-order valence-corrected chi connectivity index (χ1v) is 9.93. The van der Waals surface area contributed by atoms with Gasteiger partial charge in [0.1, 0.15) is 23.4 Å². The SMILES string of the molecule is O=NCc1ccc(C(c2cc(F)ccc2F)S(=O)(=O)c2ccc(Cl)cc2)nc1. The summed E-state index contributed by atoms with van der Waals surface area (Å²) in [5.74, 6) is -1.67. The summed E-state index contributed by atoms with van der Waals surface area (Å²) in [5, 5.41) is 1.47. The van der Waals surface area contributed by atoms with Crippen LogP contribution >= 0.6 is 11.6 Å². The largest absolute Gasteiger partial charge is 0.259 e. The van der Waals surface area contributed by atoms with Crippen LogP contribution in [0.2, 0.25) is 5.02 Å². The predicted molar refractivity (Wildman–Crippen MR) is 101 cm³/mol. The first-order chi connectivity index (χ1) is 13.3. The Hall–Kier alpha value is -2.71. The van der Waals surface area contributed by atoms with Crippen molar-refractivity contribution in [2.75, 3.05) is 0 Å². The number of hydrogen-bond acceptors (Lipinski definition) is 5. The van der Waals surface area contributed by atoms with Crippen LogP contribution in [0.25, 0.3) is 0 Å². The van der Waals surface area contributed by atoms with Crippen molar-refractivity contribution in [2.45, 2.75) is 16.7 Å². The maximum absolute atomic E-state index is 14.5. The Labute approximate surface area is 164 Å². The Morgan fingerprint density at radius 1 is 1.04 bits per heavy atom. The zero-order chi connectivity index (χ0) is 20.3. The molecule has 28 heavy (non-hydrogen) atoms. The van der Waals surface area contributed by atoms with Crippen molar-refractivity contribution < 1.29 is 17.2 Å². The van der Waals surface area contributed by atoms with Gasteiger partial charge in [0.15, 0.2) is 9.84 Å². The lowest BCUT2D eigenvalue weighted by molar-refractivity contribution is 0.568. The Bertz CT molecular complexity index is 1110. The molecule has 0 fully saturated rings. The number of nitrogens with zero attached hydrogens (tertiary/aromatic N) is 2. The van der Waals surface area contributed by atoms with E-state index in [2.05, 4.69) is 10.2 Å². The summed E-state index contributed by atoms with van der Waals surface area (Å²) in [6.07, 6.45) is 1.28. The Kier molecular flexibility index (Phi) is 5.81. The highest BCUT2D eigenvalue weighted by Gasteiger charge is 2.34. The van der Waals surface area contributed by atoms with Gasteiger partial charge in [-0.15, -0.1) is 0 Å². The smallest absolute Gasteiger partial charge is 0.191 e. The number of halogens is 3. The molecule has 3 aromatic rings. The molecule has 0 spiro atoms. The molecule has 2 aromatic carbocycles. The van der Waals surface area contributed by atoms with E-state index in [1.165, 1.54) is 42.6 Å². The Balaban J connectivity index is 2.20. The second-order valence-corrected chi connectivity index (χ2v) is 8.39. The summed E-state index contributed by atoms with van der Waals surface area (Å²) in [7, 11) is -4.20. The average molecular weight is 423 g/mol. The van der Waals surface area contributed by atoms with Gasteiger partial charge in [-0.05, 0) is 54.1 Å². The normalized spacial score (nSPS) is 12.5. The van der Waals surface area contributed by atoms with Gasteiger partial charge in [-0.3, -0.25) is 4.98 Å². The van der Waals surface area contributed by atoms with Crippen LogP contribution < -0.4 is 0 Å². The first-order valence-electron chi connectivity index (χ1n) is 8.01. The van der Waals surface area contributed by atoms with Crippen LogP contribution in [0.4, 0.5) is 8.78 Å². The number of pyridine rings is 1. The van der Waals surface area contributed by atoms with Gasteiger partial charge in [0.2, 0.25) is 0 Å². The van der Waals surface area contributed by atoms with Gasteiger partial charge in [-0.25, -0.2) is 17.2 Å². The summed E-state index contributed by atoms with van der Waals surface area (Å²) >= 11 is 5.82. The molecule has 5 nitrogen and oxygen atoms in total. The second-order valence-electron chi connectivity index (χ2n) is 5.92. The molecule has 1 aromatic heterocycles. The molecular formula is C19H13ClF2N2O3S. The lowest BCUT2D eigenvalue weighted by Gasteiger charge is -2.19. The summed E-state index contributed by atoms with van der Waals surface area (Å²) in [5.41, 5.74) is 0.0684. The van der Waals surface area contributed by atoms with Crippen LogP contribution in [0.15, 0.2) is 70.9 Å². The summed E-state index contributed by atoms with van der Waals surface area (Å²) in [6.45, 7) is -0.143. The van der Waals surface area contributed by atoms with Crippen LogP contribution in [0.5, 0.6) is 0 Å². The van der Waals surface area contributed by atoms with E-state index >= 15 is 0 Å². The predicted octanol–water partition coefficient (Wildman–Crippen LogP) is 4.84. The van der Waals surface area contributed by atoms with Gasteiger partial charge in [-0.2, -0.15) is 4.91 Å². The zero-order valence-electron chi connectivity index (χ0n) is 14.2. The standard InChI is InChI=1S/C19H13ClF2N2O3S/c20-13-2-5-15(6-3-13)28(26,27)19(16-9-14(21)4-7-17(16)22)18-8-1-12(10-23-18)11-24-25/h1-10,19H,11H2. The minimum atomic E-state index is -4.20. The number of rotatable bonds is 6. The van der Waals surface area contributed by atoms with Gasteiger partial charge < -0.3 is 0 Å². The van der Waals surface area contributed by atoms with Crippen molar-refractivity contribution in [3.63, 3.8) is 0 Å². The lowest BCUT2D eigenvalue weighted by atomic mass is 10.1. The molecule has 0 saturated heterocycles. The third-order valence-electron chi connectivity index (χ3n) is 4.06. The molecule has 144 valence electrons. The molecule has 0 bridgehead atoms. The van der Waals surface area contributed by atoms with E-state index in [0.717, 1.165) is 18.2 Å². The van der Waals surface area contributed by atoms with Crippen molar-refractivity contribution in [2.24, 2.45) is 5.18 Å². The van der Waals surface area contributed by atoms with E-state index in [1.807, 2.05) is 0 Å². The molecule has 0 amide bonds. The second kappa shape index (κ2) is 8.12. The highest BCUT2D eigenvalue weighted by Crippen LogP contribution is 2.36. The molecule has 1 heterocycles. The van der Waals surface area contributed by atoms with Gasteiger partial charge in [-0.1, -0.05) is 22.8 Å². The van der Waals surface area contributed by atoms with Gasteiger partial charge in [0.05, 0.1) is 10.6 Å².